The van der Waals surface area contributed by atoms with Gasteiger partial charge in [-0.25, -0.2) is 0 Å². The summed E-state index contributed by atoms with van der Waals surface area (Å²) >= 11 is 5.87. The number of nitrogens with one attached hydrogen (secondary N) is 1. The van der Waals surface area contributed by atoms with Crippen molar-refractivity contribution in [3.63, 3.8) is 0 Å². The van der Waals surface area contributed by atoms with Crippen molar-refractivity contribution in [2.24, 2.45) is 0 Å². The van der Waals surface area contributed by atoms with Gasteiger partial charge in [-0.2, -0.15) is 0 Å². The van der Waals surface area contributed by atoms with Crippen molar-refractivity contribution in [3.05, 3.63) is 58.6 Å². The molecule has 1 atom stereocenters. The molecular weight excluding hydrogens is 402 g/mol. The number of rotatable bonds is 8. The SMILES string of the molecule is Cc1ccc(OCC(O)CN2CCN(CC(=O)Nc3ccc(Cl)cc3)CC2)c(C)c1. The highest BCUT2D eigenvalue weighted by Gasteiger charge is 2.21. The molecule has 1 amide bonds. The van der Waals surface area contributed by atoms with E-state index in [9.17, 15) is 9.90 Å². The van der Waals surface area contributed by atoms with Crippen LogP contribution in [0.15, 0.2) is 42.5 Å². The van der Waals surface area contributed by atoms with Gasteiger partial charge in [-0.3, -0.25) is 14.6 Å². The number of β-amino-alcohol motifs (C(OH)–C–C–N with tert-alkyl or cyclic N) is 1. The molecule has 0 radical (unpaired) electrons. The summed E-state index contributed by atoms with van der Waals surface area (Å²) in [6.45, 7) is 8.46. The molecule has 1 saturated heterocycles. The molecular formula is C23H30ClN3O3. The van der Waals surface area contributed by atoms with E-state index in [4.69, 9.17) is 16.3 Å². The molecule has 6 nitrogen and oxygen atoms in total. The average molecular weight is 432 g/mol. The van der Waals surface area contributed by atoms with Crippen LogP contribution in [0.3, 0.4) is 0 Å². The number of carbonyl (C=O) groups excluding carboxylic acids is 1. The maximum atomic E-state index is 12.2. The van der Waals surface area contributed by atoms with E-state index in [0.29, 0.717) is 18.1 Å². The van der Waals surface area contributed by atoms with Crippen LogP contribution < -0.4 is 10.1 Å². The highest BCUT2D eigenvalue weighted by molar-refractivity contribution is 6.30. The first-order valence-corrected chi connectivity index (χ1v) is 10.6. The van der Waals surface area contributed by atoms with Crippen LogP contribution in [0.4, 0.5) is 5.69 Å². The van der Waals surface area contributed by atoms with Gasteiger partial charge < -0.3 is 15.2 Å². The number of hydrogen-bond acceptors (Lipinski definition) is 5. The third kappa shape index (κ3) is 6.99. The number of carbonyl (C=O) groups is 1. The molecule has 7 heteroatoms. The lowest BCUT2D eigenvalue weighted by atomic mass is 10.1. The number of anilines is 1. The van der Waals surface area contributed by atoms with Gasteiger partial charge in [0.25, 0.3) is 0 Å². The highest BCUT2D eigenvalue weighted by Crippen LogP contribution is 2.19. The van der Waals surface area contributed by atoms with E-state index in [2.05, 4.69) is 21.2 Å². The van der Waals surface area contributed by atoms with Gasteiger partial charge in [0, 0.05) is 43.4 Å². The fraction of sp³-hybridized carbons (Fsp3) is 0.435. The molecule has 0 spiro atoms. The van der Waals surface area contributed by atoms with E-state index in [-0.39, 0.29) is 12.5 Å². The molecule has 0 aromatic heterocycles. The molecule has 3 rings (SSSR count). The molecule has 2 aromatic carbocycles. The molecule has 0 aliphatic carbocycles. The molecule has 1 unspecified atom stereocenters. The molecule has 162 valence electrons. The third-order valence-electron chi connectivity index (χ3n) is 5.19. The summed E-state index contributed by atoms with van der Waals surface area (Å²) < 4.78 is 5.78. The number of aryl methyl sites for hydroxylation is 2. The predicted octanol–water partition coefficient (Wildman–Crippen LogP) is 2.95. The number of nitrogens with zero attached hydrogens (tertiary/aromatic N) is 2. The van der Waals surface area contributed by atoms with Crippen LogP contribution in [0.1, 0.15) is 11.1 Å². The molecule has 0 bridgehead atoms. The Hall–Kier alpha value is -2.12. The Morgan fingerprint density at radius 3 is 2.43 bits per heavy atom. The van der Waals surface area contributed by atoms with Crippen molar-refractivity contribution in [1.82, 2.24) is 9.80 Å². The van der Waals surface area contributed by atoms with Crippen LogP contribution in [0.2, 0.25) is 5.02 Å². The van der Waals surface area contributed by atoms with Crippen molar-refractivity contribution in [3.8, 4) is 5.75 Å². The monoisotopic (exact) mass is 431 g/mol. The lowest BCUT2D eigenvalue weighted by Crippen LogP contribution is -2.50. The zero-order chi connectivity index (χ0) is 21.5. The number of amides is 1. The summed E-state index contributed by atoms with van der Waals surface area (Å²) in [7, 11) is 0. The number of benzene rings is 2. The van der Waals surface area contributed by atoms with Crippen molar-refractivity contribution in [2.45, 2.75) is 20.0 Å². The Morgan fingerprint density at radius 2 is 1.77 bits per heavy atom. The Bertz CT molecular complexity index is 836. The molecule has 1 aliphatic heterocycles. The lowest BCUT2D eigenvalue weighted by molar-refractivity contribution is -0.117. The summed E-state index contributed by atoms with van der Waals surface area (Å²) in [5.41, 5.74) is 3.02. The van der Waals surface area contributed by atoms with Crippen molar-refractivity contribution >= 4 is 23.2 Å². The van der Waals surface area contributed by atoms with Crippen LogP contribution in [0, 0.1) is 13.8 Å². The van der Waals surface area contributed by atoms with Gasteiger partial charge in [0.2, 0.25) is 5.91 Å². The molecule has 0 saturated carbocycles. The second-order valence-corrected chi connectivity index (χ2v) is 8.30. The van der Waals surface area contributed by atoms with Crippen LogP contribution in [-0.2, 0) is 4.79 Å². The summed E-state index contributed by atoms with van der Waals surface area (Å²) in [6.07, 6.45) is -0.551. The average Bonchev–Trinajstić information content (AvgIpc) is 2.70. The smallest absolute Gasteiger partial charge is 0.238 e. The standard InChI is InChI=1S/C23H30ClN3O3/c1-17-3-8-22(18(2)13-17)30-16-21(28)14-26-9-11-27(12-10-26)15-23(29)25-20-6-4-19(24)5-7-20/h3-8,13,21,28H,9-12,14-16H2,1-2H3,(H,25,29). The van der Waals surface area contributed by atoms with Crippen LogP contribution in [0.25, 0.3) is 0 Å². The number of ether oxygens (including phenoxy) is 1. The van der Waals surface area contributed by atoms with Crippen molar-refractivity contribution in [1.29, 1.82) is 0 Å². The van der Waals surface area contributed by atoms with Gasteiger partial charge >= 0.3 is 0 Å². The first kappa shape index (κ1) is 22.6. The van der Waals surface area contributed by atoms with Gasteiger partial charge in [-0.15, -0.1) is 0 Å². The minimum absolute atomic E-state index is 0.0346. The first-order chi connectivity index (χ1) is 14.4. The van der Waals surface area contributed by atoms with E-state index in [0.717, 1.165) is 43.2 Å². The quantitative estimate of drug-likeness (QED) is 0.672. The molecule has 1 aliphatic rings. The summed E-state index contributed by atoms with van der Waals surface area (Å²) in [5.74, 6) is 0.781. The number of aliphatic hydroxyl groups is 1. The summed E-state index contributed by atoms with van der Waals surface area (Å²) in [6, 6.07) is 13.1. The fourth-order valence-corrected chi connectivity index (χ4v) is 3.69. The third-order valence-corrected chi connectivity index (χ3v) is 5.44. The van der Waals surface area contributed by atoms with Crippen LogP contribution >= 0.6 is 11.6 Å². The Morgan fingerprint density at radius 1 is 1.10 bits per heavy atom. The summed E-state index contributed by atoms with van der Waals surface area (Å²) in [5, 5.41) is 13.9. The molecule has 2 aromatic rings. The minimum atomic E-state index is -0.551. The van der Waals surface area contributed by atoms with E-state index in [1.807, 2.05) is 26.0 Å². The number of piperazine rings is 1. The van der Waals surface area contributed by atoms with Crippen molar-refractivity contribution in [2.75, 3.05) is 51.2 Å². The van der Waals surface area contributed by atoms with Crippen LogP contribution in [-0.4, -0.2) is 72.8 Å². The van der Waals surface area contributed by atoms with Crippen molar-refractivity contribution < 1.29 is 14.6 Å². The maximum absolute atomic E-state index is 12.2. The Labute approximate surface area is 183 Å². The van der Waals surface area contributed by atoms with Crippen LogP contribution in [0.5, 0.6) is 5.75 Å². The first-order valence-electron chi connectivity index (χ1n) is 10.3. The van der Waals surface area contributed by atoms with E-state index < -0.39 is 6.10 Å². The zero-order valence-electron chi connectivity index (χ0n) is 17.6. The summed E-state index contributed by atoms with van der Waals surface area (Å²) in [4.78, 5) is 16.6. The largest absolute Gasteiger partial charge is 0.491 e. The maximum Gasteiger partial charge on any atom is 0.238 e. The topological polar surface area (TPSA) is 65.0 Å². The van der Waals surface area contributed by atoms with Gasteiger partial charge in [0.15, 0.2) is 0 Å². The Kier molecular flexibility index (Phi) is 8.10. The van der Waals surface area contributed by atoms with E-state index in [1.54, 1.807) is 24.3 Å². The molecule has 1 heterocycles. The second-order valence-electron chi connectivity index (χ2n) is 7.87. The Balaban J connectivity index is 1.35. The fourth-order valence-electron chi connectivity index (χ4n) is 3.56. The van der Waals surface area contributed by atoms with E-state index in [1.165, 1.54) is 5.56 Å². The number of halogens is 1. The second kappa shape index (κ2) is 10.8. The highest BCUT2D eigenvalue weighted by atomic mass is 35.5. The van der Waals surface area contributed by atoms with Gasteiger partial charge in [-0.1, -0.05) is 29.3 Å². The predicted molar refractivity (Wildman–Crippen MR) is 120 cm³/mol. The number of hydrogen-bond donors (Lipinski definition) is 2. The van der Waals surface area contributed by atoms with Gasteiger partial charge in [0.1, 0.15) is 18.5 Å². The van der Waals surface area contributed by atoms with E-state index >= 15 is 0 Å². The normalized spacial score (nSPS) is 16.3. The molecule has 30 heavy (non-hydrogen) atoms. The zero-order valence-corrected chi connectivity index (χ0v) is 18.4. The number of aliphatic hydroxyl groups excluding tert-OH is 1. The minimum Gasteiger partial charge on any atom is -0.491 e. The lowest BCUT2D eigenvalue weighted by Gasteiger charge is -2.35. The van der Waals surface area contributed by atoms with Gasteiger partial charge in [-0.05, 0) is 49.7 Å². The van der Waals surface area contributed by atoms with Gasteiger partial charge in [0.05, 0.1) is 6.54 Å². The molecule has 1 fully saturated rings. The molecule has 2 N–H and O–H groups in total.